The molecule has 0 aliphatic carbocycles. The number of benzene rings is 3. The molecular weight excluding hydrogens is 794 g/mol. The molecule has 0 N–H and O–H groups in total. The van der Waals surface area contributed by atoms with E-state index >= 15 is 0 Å². The molecule has 0 saturated heterocycles. The minimum absolute atomic E-state index is 0.240. The van der Waals surface area contributed by atoms with E-state index in [2.05, 4.69) is 50.2 Å². The molecule has 2 heterocycles. The van der Waals surface area contributed by atoms with Gasteiger partial charge in [0.2, 0.25) is 0 Å². The Bertz CT molecular complexity index is 1870. The van der Waals surface area contributed by atoms with Gasteiger partial charge in [-0.05, 0) is 100 Å². The minimum atomic E-state index is -0.773. The molecule has 11 heteroatoms. The predicted molar refractivity (Wildman–Crippen MR) is 183 cm³/mol. The van der Waals surface area contributed by atoms with Crippen LogP contribution in [0, 0.1) is 7.14 Å². The lowest BCUT2D eigenvalue weighted by molar-refractivity contribution is -0.136. The first-order chi connectivity index (χ1) is 20.8. The molecule has 3 aromatic carbocycles. The van der Waals surface area contributed by atoms with Crippen molar-refractivity contribution in [3.63, 3.8) is 0 Å². The fourth-order valence-corrected chi connectivity index (χ4v) is 7.70. The molecule has 8 nitrogen and oxygen atoms in total. The van der Waals surface area contributed by atoms with Gasteiger partial charge in [0, 0.05) is 15.3 Å². The summed E-state index contributed by atoms with van der Waals surface area (Å²) in [6.45, 7) is 5.07. The normalized spacial score (nSPS) is 14.4. The Hall–Kier alpha value is -3.17. The number of carbonyl (C=O) groups excluding carboxylic acids is 1. The third-order valence-electron chi connectivity index (χ3n) is 6.56. The fourth-order valence-electron chi connectivity index (χ4n) is 4.70. The van der Waals surface area contributed by atoms with Gasteiger partial charge in [0.25, 0.3) is 5.56 Å². The maximum atomic E-state index is 14.1. The zero-order valence-electron chi connectivity index (χ0n) is 23.6. The number of methoxy groups -OCH3 is 1. The topological polar surface area (TPSA) is 88.4 Å². The number of hydrogen-bond acceptors (Lipinski definition) is 8. The summed E-state index contributed by atoms with van der Waals surface area (Å²) in [5.41, 5.74) is 2.45. The molecule has 5 rings (SSSR count). The van der Waals surface area contributed by atoms with Crippen molar-refractivity contribution in [2.75, 3.05) is 20.3 Å². The van der Waals surface area contributed by atoms with E-state index in [4.69, 9.17) is 18.9 Å². The van der Waals surface area contributed by atoms with Gasteiger partial charge in [-0.2, -0.15) is 0 Å². The molecule has 222 valence electrons. The summed E-state index contributed by atoms with van der Waals surface area (Å²) in [5, 5.41) is 0. The standard InChI is InChI=1S/C32H28I2N2O6S/c1-4-40-25-12-11-20(14-26(25)41-5-2)28-23(31(38)39-3)17-35-32-36(28)30(37)27(43-32)15-21-13-22(33)16-24(34)29(21)42-18-19-9-7-6-8-10-19/h6-17,28H,4-5,18H2,1-3H3/b27-15+/t28-/m1/s1. The monoisotopic (exact) mass is 822 g/mol. The molecule has 1 atom stereocenters. The molecule has 0 amide bonds. The van der Waals surface area contributed by atoms with Crippen LogP contribution < -0.4 is 29.1 Å². The summed E-state index contributed by atoms with van der Waals surface area (Å²) >= 11 is 5.77. The van der Waals surface area contributed by atoms with Crippen molar-refractivity contribution in [1.29, 1.82) is 0 Å². The van der Waals surface area contributed by atoms with Crippen LogP contribution in [0.1, 0.15) is 36.6 Å². The average molecular weight is 822 g/mol. The van der Waals surface area contributed by atoms with Gasteiger partial charge < -0.3 is 18.9 Å². The quantitative estimate of drug-likeness (QED) is 0.153. The maximum absolute atomic E-state index is 14.1. The number of rotatable bonds is 10. The summed E-state index contributed by atoms with van der Waals surface area (Å²) in [6, 6.07) is 18.6. The third-order valence-corrected chi connectivity index (χ3v) is 8.98. The van der Waals surface area contributed by atoms with Gasteiger partial charge in [-0.1, -0.05) is 47.7 Å². The lowest BCUT2D eigenvalue weighted by atomic mass is 9.97. The second-order valence-corrected chi connectivity index (χ2v) is 12.7. The first-order valence-corrected chi connectivity index (χ1v) is 16.5. The molecule has 0 saturated carbocycles. The highest BCUT2D eigenvalue weighted by Crippen LogP contribution is 2.35. The van der Waals surface area contributed by atoms with E-state index in [-0.39, 0.29) is 11.1 Å². The second-order valence-electron chi connectivity index (χ2n) is 9.33. The number of halogens is 2. The minimum Gasteiger partial charge on any atom is -0.490 e. The van der Waals surface area contributed by atoms with Gasteiger partial charge in [-0.3, -0.25) is 9.36 Å². The lowest BCUT2D eigenvalue weighted by Crippen LogP contribution is -2.39. The summed E-state index contributed by atoms with van der Waals surface area (Å²) < 4.78 is 26.9. The van der Waals surface area contributed by atoms with Crippen molar-refractivity contribution < 1.29 is 23.7 Å². The largest absolute Gasteiger partial charge is 0.490 e. The van der Waals surface area contributed by atoms with Crippen molar-refractivity contribution in [3.8, 4) is 17.2 Å². The van der Waals surface area contributed by atoms with Crippen LogP contribution in [0.2, 0.25) is 0 Å². The lowest BCUT2D eigenvalue weighted by Gasteiger charge is -2.23. The van der Waals surface area contributed by atoms with Crippen molar-refractivity contribution in [3.05, 3.63) is 116 Å². The van der Waals surface area contributed by atoms with Crippen LogP contribution in [0.4, 0.5) is 0 Å². The molecule has 0 spiro atoms. The van der Waals surface area contributed by atoms with Gasteiger partial charge in [0.05, 0.1) is 40.0 Å². The molecule has 0 radical (unpaired) electrons. The smallest absolute Gasteiger partial charge is 0.337 e. The Morgan fingerprint density at radius 1 is 1.00 bits per heavy atom. The third kappa shape index (κ3) is 6.83. The van der Waals surface area contributed by atoms with E-state index in [1.54, 1.807) is 12.1 Å². The Labute approximate surface area is 279 Å². The van der Waals surface area contributed by atoms with Gasteiger partial charge in [-0.25, -0.2) is 9.79 Å². The van der Waals surface area contributed by atoms with Gasteiger partial charge in [0.15, 0.2) is 16.3 Å². The molecule has 1 aromatic heterocycles. The summed E-state index contributed by atoms with van der Waals surface area (Å²) in [7, 11) is 1.31. The highest BCUT2D eigenvalue weighted by atomic mass is 127. The van der Waals surface area contributed by atoms with E-state index in [1.807, 2.05) is 68.5 Å². The number of nitrogens with zero attached hydrogens (tertiary/aromatic N) is 2. The highest BCUT2D eigenvalue weighted by Gasteiger charge is 2.31. The van der Waals surface area contributed by atoms with Gasteiger partial charge >= 0.3 is 5.97 Å². The van der Waals surface area contributed by atoms with Crippen LogP contribution in [0.3, 0.4) is 0 Å². The Morgan fingerprint density at radius 2 is 1.74 bits per heavy atom. The molecule has 4 aromatic rings. The first-order valence-electron chi connectivity index (χ1n) is 13.5. The highest BCUT2D eigenvalue weighted by molar-refractivity contribution is 14.1. The first kappa shape index (κ1) is 31.3. The van der Waals surface area contributed by atoms with E-state index in [0.717, 1.165) is 18.3 Å². The second kappa shape index (κ2) is 14.1. The number of fused-ring (bicyclic) bond motifs is 1. The fraction of sp³-hybridized carbons (Fsp3) is 0.219. The summed E-state index contributed by atoms with van der Waals surface area (Å²) in [6.07, 6.45) is 3.31. The number of thiazole rings is 1. The van der Waals surface area contributed by atoms with Gasteiger partial charge in [0.1, 0.15) is 12.4 Å². The van der Waals surface area contributed by atoms with Crippen LogP contribution in [0.15, 0.2) is 82.2 Å². The molecule has 0 fully saturated rings. The maximum Gasteiger partial charge on any atom is 0.337 e. The van der Waals surface area contributed by atoms with E-state index in [1.165, 1.54) is 29.2 Å². The van der Waals surface area contributed by atoms with Crippen molar-refractivity contribution in [2.24, 2.45) is 4.99 Å². The number of carbonyl (C=O) groups is 1. The molecule has 0 bridgehead atoms. The van der Waals surface area contributed by atoms with Crippen LogP contribution in [0.25, 0.3) is 6.08 Å². The molecule has 0 unspecified atom stereocenters. The number of ether oxygens (including phenoxy) is 4. The zero-order valence-corrected chi connectivity index (χ0v) is 28.8. The van der Waals surface area contributed by atoms with Crippen LogP contribution >= 0.6 is 56.5 Å². The Kier molecular flexibility index (Phi) is 10.2. The van der Waals surface area contributed by atoms with Gasteiger partial charge in [-0.15, -0.1) is 0 Å². The van der Waals surface area contributed by atoms with E-state index in [0.29, 0.717) is 52.0 Å². The Morgan fingerprint density at radius 3 is 2.47 bits per heavy atom. The number of esters is 1. The zero-order chi connectivity index (χ0) is 30.5. The molecule has 43 heavy (non-hydrogen) atoms. The van der Waals surface area contributed by atoms with Crippen molar-refractivity contribution >= 4 is 68.6 Å². The van der Waals surface area contributed by atoms with Crippen LogP contribution in [0.5, 0.6) is 17.2 Å². The summed E-state index contributed by atoms with van der Waals surface area (Å²) in [4.78, 5) is 32.0. The van der Waals surface area contributed by atoms with Crippen molar-refractivity contribution in [2.45, 2.75) is 26.5 Å². The Balaban J connectivity index is 1.64. The SMILES string of the molecule is CCOc1ccc([C@@H]2C(C(=O)OC)=CN=c3s/c(=C/c4cc(I)cc(I)c4OCc4ccccc4)c(=O)n32)cc1OCC. The van der Waals surface area contributed by atoms with Crippen molar-refractivity contribution in [1.82, 2.24) is 4.57 Å². The average Bonchev–Trinajstić information content (AvgIpc) is 3.32. The number of hydrogen-bond donors (Lipinski definition) is 0. The predicted octanol–water partition coefficient (Wildman–Crippen LogP) is 5.60. The molecule has 1 aliphatic heterocycles. The van der Waals surface area contributed by atoms with Crippen LogP contribution in [-0.4, -0.2) is 30.9 Å². The number of aromatic nitrogens is 1. The molecule has 1 aliphatic rings. The van der Waals surface area contributed by atoms with E-state index in [9.17, 15) is 9.59 Å². The van der Waals surface area contributed by atoms with Crippen LogP contribution in [-0.2, 0) is 16.1 Å². The molecular formula is C32H28I2N2O6S. The van der Waals surface area contributed by atoms with E-state index < -0.39 is 12.0 Å². The summed E-state index contributed by atoms with van der Waals surface area (Å²) in [5.74, 6) is 1.23.